The van der Waals surface area contributed by atoms with Crippen LogP contribution in [0.4, 0.5) is 10.1 Å². The van der Waals surface area contributed by atoms with Crippen LogP contribution in [-0.2, 0) is 24.0 Å². The van der Waals surface area contributed by atoms with Gasteiger partial charge in [-0.15, -0.1) is 0 Å². The number of aliphatic carboxylic acids is 4. The molecule has 0 amide bonds. The van der Waals surface area contributed by atoms with Gasteiger partial charge in [0.15, 0.2) is 0 Å². The number of nitrogens with zero attached hydrogens (tertiary/aromatic N) is 1. The lowest BCUT2D eigenvalue weighted by Gasteiger charge is -2.08. The molecule has 0 heterocycles. The monoisotopic (exact) mass is 525 g/mol. The molecule has 0 aliphatic rings. The summed E-state index contributed by atoms with van der Waals surface area (Å²) in [7, 11) is 0. The van der Waals surface area contributed by atoms with E-state index in [9.17, 15) is 38.5 Å². The molecule has 0 saturated heterocycles. The van der Waals surface area contributed by atoms with Crippen LogP contribution in [0.5, 0.6) is 0 Å². The quantitative estimate of drug-likeness (QED) is 0.111. The SMILES string of the molecule is N[C@H](CC(=O)O)c1ccc(F)cc1.N[C@H](CC(=O)O)c1cccc([N+](=O)[O-])c1.O=C(O)CC(=O)C(=O)O. The third kappa shape index (κ3) is 14.3. The zero-order valence-electron chi connectivity index (χ0n) is 19.0. The second kappa shape index (κ2) is 16.0. The minimum Gasteiger partial charge on any atom is -0.481 e. The first-order valence-electron chi connectivity index (χ1n) is 10.1. The van der Waals surface area contributed by atoms with Crippen molar-refractivity contribution in [2.75, 3.05) is 0 Å². The summed E-state index contributed by atoms with van der Waals surface area (Å²) >= 11 is 0. The smallest absolute Gasteiger partial charge is 0.372 e. The summed E-state index contributed by atoms with van der Waals surface area (Å²) in [5.41, 5.74) is 12.1. The molecule has 0 aromatic heterocycles. The van der Waals surface area contributed by atoms with E-state index in [0.717, 1.165) is 0 Å². The highest BCUT2D eigenvalue weighted by molar-refractivity contribution is 6.35. The van der Waals surface area contributed by atoms with Crippen molar-refractivity contribution in [3.05, 3.63) is 75.6 Å². The highest BCUT2D eigenvalue weighted by Gasteiger charge is 2.15. The fraction of sp³-hybridized carbons (Fsp3) is 0.227. The van der Waals surface area contributed by atoms with E-state index in [2.05, 4.69) is 0 Å². The Morgan fingerprint density at radius 3 is 1.68 bits per heavy atom. The van der Waals surface area contributed by atoms with Gasteiger partial charge in [0.25, 0.3) is 11.5 Å². The molecule has 0 aliphatic heterocycles. The number of carbonyl (C=O) groups excluding carboxylic acids is 1. The van der Waals surface area contributed by atoms with Crippen molar-refractivity contribution in [1.29, 1.82) is 0 Å². The van der Waals surface area contributed by atoms with Crippen molar-refractivity contribution in [1.82, 2.24) is 0 Å². The number of hydrogen-bond donors (Lipinski definition) is 6. The predicted octanol–water partition coefficient (Wildman–Crippen LogP) is 1.48. The van der Waals surface area contributed by atoms with Crippen LogP contribution in [0.15, 0.2) is 48.5 Å². The number of carboxylic acids is 4. The summed E-state index contributed by atoms with van der Waals surface area (Å²) in [5.74, 6) is -6.79. The van der Waals surface area contributed by atoms with Gasteiger partial charge in [-0.05, 0) is 23.3 Å². The van der Waals surface area contributed by atoms with E-state index >= 15 is 0 Å². The third-order valence-corrected chi connectivity index (χ3v) is 4.15. The molecule has 0 aliphatic carbocycles. The molecule has 2 aromatic rings. The molecule has 0 radical (unpaired) electrons. The summed E-state index contributed by atoms with van der Waals surface area (Å²) in [6, 6.07) is 9.88. The molecule has 0 spiro atoms. The first-order chi connectivity index (χ1) is 17.1. The molecule has 37 heavy (non-hydrogen) atoms. The fourth-order valence-corrected chi connectivity index (χ4v) is 2.40. The average molecular weight is 525 g/mol. The number of carboxylic acid groups (broad SMARTS) is 4. The summed E-state index contributed by atoms with van der Waals surface area (Å²) in [4.78, 5) is 59.8. The van der Waals surface area contributed by atoms with E-state index in [1.54, 1.807) is 6.07 Å². The Morgan fingerprint density at radius 1 is 0.811 bits per heavy atom. The Balaban J connectivity index is 0.000000543. The predicted molar refractivity (Wildman–Crippen MR) is 123 cm³/mol. The van der Waals surface area contributed by atoms with Gasteiger partial charge >= 0.3 is 23.9 Å². The number of nitrogens with two attached hydrogens (primary N) is 2. The maximum Gasteiger partial charge on any atom is 0.372 e. The van der Waals surface area contributed by atoms with Gasteiger partial charge in [0, 0.05) is 24.2 Å². The summed E-state index contributed by atoms with van der Waals surface area (Å²) < 4.78 is 12.5. The number of rotatable bonds is 10. The highest BCUT2D eigenvalue weighted by Crippen LogP contribution is 2.19. The molecule has 15 heteroatoms. The molecular formula is C22H24FN3O11. The standard InChI is InChI=1S/C9H10FNO2.C9H10N2O4.C4H4O5/c10-7-3-1-6(2-4-7)8(11)5-9(12)13;10-8(5-9(12)13)6-2-1-3-7(4-6)11(14)15;5-2(4(8)9)1-3(6)7/h1-4,8H,5,11H2,(H,12,13);1-4,8H,5,10H2,(H,12,13);1H2,(H,6,7)(H,8,9)/t2*8-;/m11./s1. The Morgan fingerprint density at radius 2 is 1.30 bits per heavy atom. The number of hydrogen-bond acceptors (Lipinski definition) is 9. The summed E-state index contributed by atoms with van der Waals surface area (Å²) in [6.07, 6.45) is -1.35. The molecule has 200 valence electrons. The van der Waals surface area contributed by atoms with Crippen LogP contribution < -0.4 is 11.5 Å². The van der Waals surface area contributed by atoms with Crippen LogP contribution in [0.25, 0.3) is 0 Å². The largest absolute Gasteiger partial charge is 0.481 e. The van der Waals surface area contributed by atoms with Gasteiger partial charge < -0.3 is 31.9 Å². The van der Waals surface area contributed by atoms with Crippen molar-refractivity contribution >= 4 is 35.3 Å². The first-order valence-corrected chi connectivity index (χ1v) is 10.1. The van der Waals surface area contributed by atoms with Crippen molar-refractivity contribution < 1.29 is 53.7 Å². The second-order valence-electron chi connectivity index (χ2n) is 7.11. The summed E-state index contributed by atoms with van der Waals surface area (Å²) in [5, 5.41) is 43.1. The lowest BCUT2D eigenvalue weighted by atomic mass is 10.0. The number of carbonyl (C=O) groups is 5. The number of nitro benzene ring substituents is 1. The molecular weight excluding hydrogens is 501 g/mol. The van der Waals surface area contributed by atoms with Gasteiger partial charge in [-0.2, -0.15) is 0 Å². The van der Waals surface area contributed by atoms with Crippen LogP contribution in [0.2, 0.25) is 0 Å². The van der Waals surface area contributed by atoms with Crippen molar-refractivity contribution in [2.45, 2.75) is 31.3 Å². The molecule has 0 fully saturated rings. The molecule has 2 atom stereocenters. The number of non-ortho nitro benzene ring substituents is 1. The fourth-order valence-electron chi connectivity index (χ4n) is 2.40. The molecule has 0 unspecified atom stereocenters. The van der Waals surface area contributed by atoms with Gasteiger partial charge in [-0.25, -0.2) is 9.18 Å². The second-order valence-corrected chi connectivity index (χ2v) is 7.11. The van der Waals surface area contributed by atoms with Crippen LogP contribution in [0.1, 0.15) is 42.5 Å². The molecule has 2 rings (SSSR count). The number of nitro groups is 1. The maximum atomic E-state index is 12.5. The topological polar surface area (TPSA) is 261 Å². The van der Waals surface area contributed by atoms with Gasteiger partial charge in [0.1, 0.15) is 12.2 Å². The average Bonchev–Trinajstić information content (AvgIpc) is 2.79. The molecule has 2 aromatic carbocycles. The third-order valence-electron chi connectivity index (χ3n) is 4.15. The number of halogens is 1. The van der Waals surface area contributed by atoms with Crippen molar-refractivity contribution in [3.8, 4) is 0 Å². The Hall–Kier alpha value is -4.76. The van der Waals surface area contributed by atoms with E-state index in [0.29, 0.717) is 11.1 Å². The van der Waals surface area contributed by atoms with Crippen LogP contribution in [0.3, 0.4) is 0 Å². The number of Topliss-reactive ketones (excluding diaryl/α,β-unsaturated/α-hetero) is 1. The van der Waals surface area contributed by atoms with E-state index in [-0.39, 0.29) is 24.3 Å². The van der Waals surface area contributed by atoms with Gasteiger partial charge in [-0.1, -0.05) is 24.3 Å². The highest BCUT2D eigenvalue weighted by atomic mass is 19.1. The van der Waals surface area contributed by atoms with E-state index in [4.69, 9.17) is 31.9 Å². The molecule has 14 nitrogen and oxygen atoms in total. The minimum absolute atomic E-state index is 0.0895. The number of benzene rings is 2. The zero-order chi connectivity index (χ0) is 28.7. The summed E-state index contributed by atoms with van der Waals surface area (Å²) in [6.45, 7) is 0. The Bertz CT molecular complexity index is 1120. The normalized spacial score (nSPS) is 11.3. The van der Waals surface area contributed by atoms with E-state index in [1.807, 2.05) is 0 Å². The van der Waals surface area contributed by atoms with Crippen molar-refractivity contribution in [2.24, 2.45) is 11.5 Å². The molecule has 0 bridgehead atoms. The van der Waals surface area contributed by atoms with E-state index < -0.39 is 53.1 Å². The van der Waals surface area contributed by atoms with Crippen LogP contribution in [0, 0.1) is 15.9 Å². The van der Waals surface area contributed by atoms with Gasteiger partial charge in [-0.3, -0.25) is 29.3 Å². The Labute approximate surface area is 208 Å². The zero-order valence-corrected chi connectivity index (χ0v) is 19.0. The lowest BCUT2D eigenvalue weighted by Crippen LogP contribution is -2.16. The first kappa shape index (κ1) is 32.2. The van der Waals surface area contributed by atoms with Crippen LogP contribution >= 0.6 is 0 Å². The Kier molecular flexibility index (Phi) is 14.0. The number of ketones is 1. The lowest BCUT2D eigenvalue weighted by molar-refractivity contribution is -0.384. The molecule has 8 N–H and O–H groups in total. The van der Waals surface area contributed by atoms with Crippen molar-refractivity contribution in [3.63, 3.8) is 0 Å². The minimum atomic E-state index is -1.71. The van der Waals surface area contributed by atoms with E-state index in [1.165, 1.54) is 42.5 Å². The molecule has 0 saturated carbocycles. The van der Waals surface area contributed by atoms with Gasteiger partial charge in [0.2, 0.25) is 0 Å². The van der Waals surface area contributed by atoms with Crippen LogP contribution in [-0.4, -0.2) is 55.0 Å². The maximum absolute atomic E-state index is 12.5. The van der Waals surface area contributed by atoms with Gasteiger partial charge in [0.05, 0.1) is 17.8 Å².